The van der Waals surface area contributed by atoms with Crippen LogP contribution in [-0.4, -0.2) is 64.3 Å². The fourth-order valence-corrected chi connectivity index (χ4v) is 2.92. The number of likely N-dealkylation sites (tertiary alicyclic amines) is 1. The molecule has 2 aliphatic rings. The second-order valence-corrected chi connectivity index (χ2v) is 7.26. The van der Waals surface area contributed by atoms with Gasteiger partial charge in [-0.25, -0.2) is 14.4 Å². The number of carboxylic acid groups (broad SMARTS) is 1. The van der Waals surface area contributed by atoms with E-state index in [1.54, 1.807) is 20.8 Å². The van der Waals surface area contributed by atoms with Gasteiger partial charge < -0.3 is 24.8 Å². The van der Waals surface area contributed by atoms with E-state index in [9.17, 15) is 24.3 Å². The standard InChI is InChI=1S/C16H24N2O7/c1-16(2,3)25-15(23)17-10(13(20)21)4-5-12(19)18-7-6-9-8-11(18)14(22)24-9/h9-11H,4-8H2,1-3H3,(H,17,23)(H,20,21)/t9-,10-,11+/m0/s1. The summed E-state index contributed by atoms with van der Waals surface area (Å²) in [6.07, 6.45) is -0.0824. The van der Waals surface area contributed by atoms with Crippen LogP contribution in [0.5, 0.6) is 0 Å². The summed E-state index contributed by atoms with van der Waals surface area (Å²) in [6, 6.07) is -1.82. The Labute approximate surface area is 145 Å². The van der Waals surface area contributed by atoms with Gasteiger partial charge in [0.05, 0.1) is 0 Å². The average Bonchev–Trinajstić information content (AvgIpc) is 2.76. The Balaban J connectivity index is 1.88. The van der Waals surface area contributed by atoms with Gasteiger partial charge in [0.1, 0.15) is 23.8 Å². The molecule has 3 atom stereocenters. The Bertz CT molecular complexity index is 569. The van der Waals surface area contributed by atoms with Crippen LogP contribution in [0.25, 0.3) is 0 Å². The molecule has 0 radical (unpaired) electrons. The van der Waals surface area contributed by atoms with E-state index in [-0.39, 0.29) is 24.9 Å². The van der Waals surface area contributed by atoms with Gasteiger partial charge in [-0.2, -0.15) is 0 Å². The van der Waals surface area contributed by atoms with Gasteiger partial charge in [-0.3, -0.25) is 4.79 Å². The van der Waals surface area contributed by atoms with Gasteiger partial charge in [0.2, 0.25) is 5.91 Å². The third kappa shape index (κ3) is 5.07. The summed E-state index contributed by atoms with van der Waals surface area (Å²) in [4.78, 5) is 48.5. The van der Waals surface area contributed by atoms with Crippen LogP contribution in [0.2, 0.25) is 0 Å². The lowest BCUT2D eigenvalue weighted by Crippen LogP contribution is -2.47. The number of hydrogen-bond acceptors (Lipinski definition) is 6. The number of piperidine rings is 1. The number of fused-ring (bicyclic) bond motifs is 2. The SMILES string of the molecule is CC(C)(C)OC(=O)N[C@@H](CCC(=O)N1CC[C@H]2C[C@@H]1C(=O)O2)C(=O)O. The van der Waals surface area contributed by atoms with E-state index >= 15 is 0 Å². The normalized spacial score (nSPS) is 23.6. The fourth-order valence-electron chi connectivity index (χ4n) is 2.92. The Morgan fingerprint density at radius 2 is 2.08 bits per heavy atom. The predicted molar refractivity (Wildman–Crippen MR) is 84.6 cm³/mol. The Kier molecular flexibility index (Phi) is 5.54. The Morgan fingerprint density at radius 3 is 2.68 bits per heavy atom. The number of ether oxygens (including phenoxy) is 2. The first-order chi connectivity index (χ1) is 11.6. The van der Waals surface area contributed by atoms with Crippen molar-refractivity contribution in [1.82, 2.24) is 10.2 Å². The van der Waals surface area contributed by atoms with E-state index in [0.29, 0.717) is 19.4 Å². The fraction of sp³-hybridized carbons (Fsp3) is 0.750. The summed E-state index contributed by atoms with van der Waals surface area (Å²) in [5.41, 5.74) is -0.754. The smallest absolute Gasteiger partial charge is 0.408 e. The van der Waals surface area contributed by atoms with E-state index in [4.69, 9.17) is 9.47 Å². The first kappa shape index (κ1) is 19.0. The van der Waals surface area contributed by atoms with Crippen LogP contribution in [0.15, 0.2) is 0 Å². The molecule has 25 heavy (non-hydrogen) atoms. The van der Waals surface area contributed by atoms with Gasteiger partial charge in [-0.05, 0) is 27.2 Å². The minimum absolute atomic E-state index is 0.0882. The van der Waals surface area contributed by atoms with Crippen molar-refractivity contribution >= 4 is 23.9 Å². The summed E-state index contributed by atoms with van der Waals surface area (Å²) >= 11 is 0. The number of hydrogen-bond donors (Lipinski definition) is 2. The maximum Gasteiger partial charge on any atom is 0.408 e. The zero-order chi connectivity index (χ0) is 18.8. The van der Waals surface area contributed by atoms with E-state index in [0.717, 1.165) is 0 Å². The summed E-state index contributed by atoms with van der Waals surface area (Å²) in [7, 11) is 0. The molecule has 2 rings (SSSR count). The molecule has 9 nitrogen and oxygen atoms in total. The molecule has 0 aromatic heterocycles. The monoisotopic (exact) mass is 356 g/mol. The summed E-state index contributed by atoms with van der Waals surface area (Å²) in [5.74, 6) is -1.98. The molecule has 2 N–H and O–H groups in total. The van der Waals surface area contributed by atoms with Crippen LogP contribution in [-0.2, 0) is 23.9 Å². The highest BCUT2D eigenvalue weighted by Gasteiger charge is 2.44. The van der Waals surface area contributed by atoms with Crippen LogP contribution in [0.3, 0.4) is 0 Å². The molecule has 0 saturated carbocycles. The highest BCUT2D eigenvalue weighted by molar-refractivity contribution is 5.87. The van der Waals surface area contributed by atoms with Crippen molar-refractivity contribution in [3.8, 4) is 0 Å². The van der Waals surface area contributed by atoms with Gasteiger partial charge in [0.25, 0.3) is 0 Å². The van der Waals surface area contributed by atoms with E-state index in [2.05, 4.69) is 5.32 Å². The number of alkyl carbamates (subject to hydrolysis) is 1. The molecule has 0 spiro atoms. The highest BCUT2D eigenvalue weighted by Crippen LogP contribution is 2.28. The molecule has 2 bridgehead atoms. The van der Waals surface area contributed by atoms with Crippen LogP contribution < -0.4 is 5.32 Å². The number of carboxylic acids is 1. The quantitative estimate of drug-likeness (QED) is 0.694. The summed E-state index contributed by atoms with van der Waals surface area (Å²) in [6.45, 7) is 5.40. The molecule has 2 aliphatic heterocycles. The van der Waals surface area contributed by atoms with Crippen molar-refractivity contribution in [1.29, 1.82) is 0 Å². The molecule has 140 valence electrons. The van der Waals surface area contributed by atoms with Crippen molar-refractivity contribution in [3.63, 3.8) is 0 Å². The Morgan fingerprint density at radius 1 is 1.40 bits per heavy atom. The number of nitrogens with zero attached hydrogens (tertiary/aromatic N) is 1. The molecule has 2 amide bonds. The van der Waals surface area contributed by atoms with Crippen LogP contribution >= 0.6 is 0 Å². The second-order valence-electron chi connectivity index (χ2n) is 7.26. The maximum atomic E-state index is 12.4. The lowest BCUT2D eigenvalue weighted by Gasteiger charge is -2.30. The summed E-state index contributed by atoms with van der Waals surface area (Å²) in [5, 5.41) is 11.5. The molecule has 9 heteroatoms. The molecule has 2 heterocycles. The second kappa shape index (κ2) is 7.28. The van der Waals surface area contributed by atoms with Gasteiger partial charge in [0, 0.05) is 25.8 Å². The molecule has 0 unspecified atom stereocenters. The van der Waals surface area contributed by atoms with Crippen molar-refractivity contribution in [3.05, 3.63) is 0 Å². The van der Waals surface area contributed by atoms with Gasteiger partial charge in [-0.15, -0.1) is 0 Å². The van der Waals surface area contributed by atoms with Gasteiger partial charge >= 0.3 is 18.0 Å². The number of nitrogens with one attached hydrogen (secondary N) is 1. The maximum absolute atomic E-state index is 12.4. The third-order valence-electron chi connectivity index (χ3n) is 4.07. The number of esters is 1. The largest absolute Gasteiger partial charge is 0.480 e. The van der Waals surface area contributed by atoms with E-state index < -0.39 is 35.7 Å². The summed E-state index contributed by atoms with van der Waals surface area (Å²) < 4.78 is 10.2. The van der Waals surface area contributed by atoms with Crippen LogP contribution in [0, 0.1) is 0 Å². The lowest BCUT2D eigenvalue weighted by molar-refractivity contribution is -0.147. The minimum atomic E-state index is -1.25. The zero-order valence-corrected chi connectivity index (χ0v) is 14.6. The van der Waals surface area contributed by atoms with Crippen molar-refractivity contribution < 1.29 is 33.8 Å². The highest BCUT2D eigenvalue weighted by atomic mass is 16.6. The van der Waals surface area contributed by atoms with Crippen molar-refractivity contribution in [2.45, 2.75) is 70.2 Å². The molecule has 0 aromatic rings. The topological polar surface area (TPSA) is 122 Å². The number of carbonyl (C=O) groups excluding carboxylic acids is 3. The van der Waals surface area contributed by atoms with Gasteiger partial charge in [0.15, 0.2) is 0 Å². The van der Waals surface area contributed by atoms with Gasteiger partial charge in [-0.1, -0.05) is 0 Å². The number of aliphatic carboxylic acids is 1. The number of carbonyl (C=O) groups is 4. The zero-order valence-electron chi connectivity index (χ0n) is 14.6. The molecule has 0 aliphatic carbocycles. The molecule has 2 fully saturated rings. The molecule has 2 saturated heterocycles. The van der Waals surface area contributed by atoms with Crippen LogP contribution in [0.1, 0.15) is 46.5 Å². The van der Waals surface area contributed by atoms with Crippen molar-refractivity contribution in [2.75, 3.05) is 6.54 Å². The first-order valence-corrected chi connectivity index (χ1v) is 8.29. The third-order valence-corrected chi connectivity index (χ3v) is 4.07. The molecular weight excluding hydrogens is 332 g/mol. The van der Waals surface area contributed by atoms with Crippen LogP contribution in [0.4, 0.5) is 4.79 Å². The van der Waals surface area contributed by atoms with E-state index in [1.165, 1.54) is 4.90 Å². The average molecular weight is 356 g/mol. The Hall–Kier alpha value is -2.32. The number of rotatable bonds is 5. The predicted octanol–water partition coefficient (Wildman–Crippen LogP) is 0.661. The molecular formula is C16H24N2O7. The van der Waals surface area contributed by atoms with E-state index in [1.807, 2.05) is 0 Å². The minimum Gasteiger partial charge on any atom is -0.480 e. The first-order valence-electron chi connectivity index (χ1n) is 8.29. The number of amides is 2. The lowest BCUT2D eigenvalue weighted by atomic mass is 10.0. The van der Waals surface area contributed by atoms with Crippen molar-refractivity contribution in [2.24, 2.45) is 0 Å². The molecule has 0 aromatic carbocycles.